The topological polar surface area (TPSA) is 35.6 Å². The molecule has 8 aromatic rings. The maximum absolute atomic E-state index is 5.40. The quantitative estimate of drug-likeness (QED) is 0.171. The maximum atomic E-state index is 5.40. The molecule has 3 heterocycles. The minimum atomic E-state index is 0.710. The molecule has 1 aliphatic rings. The highest BCUT2D eigenvalue weighted by molar-refractivity contribution is 6.10. The Kier molecular flexibility index (Phi) is 7.78. The molecule has 9 rings (SSSR count). The molecule has 51 heavy (non-hydrogen) atoms. The lowest BCUT2D eigenvalue weighted by atomic mass is 9.99. The highest BCUT2D eigenvalue weighted by Gasteiger charge is 2.24. The van der Waals surface area contributed by atoms with Crippen LogP contribution in [-0.4, -0.2) is 19.1 Å². The van der Waals surface area contributed by atoms with E-state index in [1.807, 2.05) is 0 Å². The molecule has 0 unspecified atom stereocenters. The normalized spacial score (nSPS) is 13.2. The average molecular weight is 659 g/mol. The second-order valence-corrected chi connectivity index (χ2v) is 13.2. The Balaban J connectivity index is 1.43. The molecule has 0 bridgehead atoms. The molecule has 246 valence electrons. The monoisotopic (exact) mass is 658 g/mol. The van der Waals surface area contributed by atoms with Gasteiger partial charge in [-0.1, -0.05) is 128 Å². The van der Waals surface area contributed by atoms with Crippen molar-refractivity contribution in [3.63, 3.8) is 0 Å². The zero-order valence-corrected chi connectivity index (χ0v) is 28.9. The molecular weight excluding hydrogens is 621 g/mol. The molecule has 0 aliphatic heterocycles. The predicted molar refractivity (Wildman–Crippen MR) is 214 cm³/mol. The van der Waals surface area contributed by atoms with Crippen molar-refractivity contribution in [2.45, 2.75) is 33.1 Å². The third kappa shape index (κ3) is 5.23. The first-order valence-electron chi connectivity index (χ1n) is 17.9. The van der Waals surface area contributed by atoms with Crippen LogP contribution in [0.3, 0.4) is 0 Å². The van der Waals surface area contributed by atoms with E-state index in [-0.39, 0.29) is 0 Å². The Hall–Kier alpha value is -6.26. The fraction of sp³-hybridized carbons (Fsp3) is 0.106. The lowest BCUT2D eigenvalue weighted by Gasteiger charge is -2.21. The number of fused-ring (bicyclic) bond motifs is 4. The third-order valence-corrected chi connectivity index (χ3v) is 10.1. The molecule has 4 nitrogen and oxygen atoms in total. The second kappa shape index (κ2) is 12.9. The van der Waals surface area contributed by atoms with E-state index in [4.69, 9.17) is 9.97 Å². The van der Waals surface area contributed by atoms with Crippen LogP contribution < -0.4 is 0 Å². The van der Waals surface area contributed by atoms with Crippen molar-refractivity contribution in [1.82, 2.24) is 19.1 Å². The van der Waals surface area contributed by atoms with E-state index in [0.29, 0.717) is 5.82 Å². The number of rotatable bonds is 7. The summed E-state index contributed by atoms with van der Waals surface area (Å²) in [5, 5.41) is 3.68. The summed E-state index contributed by atoms with van der Waals surface area (Å²) < 4.78 is 4.87. The Morgan fingerprint density at radius 3 is 2.00 bits per heavy atom. The van der Waals surface area contributed by atoms with Gasteiger partial charge in [0.1, 0.15) is 0 Å². The van der Waals surface area contributed by atoms with Gasteiger partial charge in [0.15, 0.2) is 5.82 Å². The summed E-state index contributed by atoms with van der Waals surface area (Å²) in [6.45, 7) is 4.43. The number of hydrogen-bond donors (Lipinski definition) is 0. The second-order valence-electron chi connectivity index (χ2n) is 13.2. The number of benzene rings is 5. The number of nitrogens with zero attached hydrogens (tertiary/aromatic N) is 4. The zero-order valence-electron chi connectivity index (χ0n) is 28.9. The molecule has 1 aliphatic carbocycles. The van der Waals surface area contributed by atoms with Gasteiger partial charge in [-0.15, -0.1) is 0 Å². The van der Waals surface area contributed by atoms with Gasteiger partial charge in [-0.05, 0) is 68.2 Å². The third-order valence-electron chi connectivity index (χ3n) is 10.1. The molecule has 0 atom stereocenters. The lowest BCUT2D eigenvalue weighted by molar-refractivity contribution is 1.01. The van der Waals surface area contributed by atoms with Gasteiger partial charge in [0.25, 0.3) is 0 Å². The first-order chi connectivity index (χ1) is 25.2. The van der Waals surface area contributed by atoms with Crippen molar-refractivity contribution in [1.29, 1.82) is 0 Å². The smallest absolute Gasteiger partial charge is 0.162 e. The summed E-state index contributed by atoms with van der Waals surface area (Å²) >= 11 is 0. The fourth-order valence-corrected chi connectivity index (χ4v) is 7.74. The van der Waals surface area contributed by atoms with Crippen molar-refractivity contribution in [3.05, 3.63) is 169 Å². The van der Waals surface area contributed by atoms with Crippen LogP contribution in [0.2, 0.25) is 0 Å². The zero-order chi connectivity index (χ0) is 34.3. The molecule has 0 fully saturated rings. The minimum absolute atomic E-state index is 0.710. The average Bonchev–Trinajstić information content (AvgIpc) is 3.68. The Bertz CT molecular complexity index is 2630. The van der Waals surface area contributed by atoms with Gasteiger partial charge in [-0.25, -0.2) is 9.97 Å². The molecule has 0 N–H and O–H groups in total. The van der Waals surface area contributed by atoms with Gasteiger partial charge >= 0.3 is 0 Å². The maximum Gasteiger partial charge on any atom is 0.162 e. The number of allylic oxidation sites excluding steroid dienone is 5. The van der Waals surface area contributed by atoms with E-state index in [0.717, 1.165) is 69.7 Å². The van der Waals surface area contributed by atoms with Crippen LogP contribution in [0.15, 0.2) is 152 Å². The summed E-state index contributed by atoms with van der Waals surface area (Å²) in [6, 6.07) is 45.5. The summed E-state index contributed by atoms with van der Waals surface area (Å²) in [5.74, 6) is 0.710. The molecule has 0 radical (unpaired) electrons. The Labute approximate surface area is 298 Å². The van der Waals surface area contributed by atoms with Crippen LogP contribution in [0.4, 0.5) is 0 Å². The molecule has 0 saturated carbocycles. The van der Waals surface area contributed by atoms with Crippen molar-refractivity contribution in [3.8, 4) is 34.0 Å². The highest BCUT2D eigenvalue weighted by atomic mass is 15.1. The Morgan fingerprint density at radius 2 is 1.31 bits per heavy atom. The summed E-state index contributed by atoms with van der Waals surface area (Å²) in [4.78, 5) is 10.8. The first-order valence-corrected chi connectivity index (χ1v) is 17.9. The number of para-hydroxylation sites is 4. The minimum Gasteiger partial charge on any atom is -0.311 e. The lowest BCUT2D eigenvalue weighted by Crippen LogP contribution is -2.09. The van der Waals surface area contributed by atoms with Gasteiger partial charge in [-0.3, -0.25) is 0 Å². The van der Waals surface area contributed by atoms with Crippen molar-refractivity contribution < 1.29 is 0 Å². The van der Waals surface area contributed by atoms with Crippen LogP contribution >= 0.6 is 0 Å². The predicted octanol–water partition coefficient (Wildman–Crippen LogP) is 12.3. The molecule has 0 saturated heterocycles. The molecule has 0 amide bonds. The van der Waals surface area contributed by atoms with Gasteiger partial charge in [0, 0.05) is 38.5 Å². The summed E-state index contributed by atoms with van der Waals surface area (Å²) in [5.41, 5.74) is 13.2. The van der Waals surface area contributed by atoms with Crippen LogP contribution in [0.25, 0.3) is 78.4 Å². The largest absolute Gasteiger partial charge is 0.311 e. The number of aromatic nitrogens is 4. The van der Waals surface area contributed by atoms with E-state index < -0.39 is 0 Å². The first kappa shape index (κ1) is 30.8. The molecule has 4 heteroatoms. The van der Waals surface area contributed by atoms with E-state index in [1.54, 1.807) is 0 Å². The summed E-state index contributed by atoms with van der Waals surface area (Å²) in [7, 11) is 0. The van der Waals surface area contributed by atoms with Crippen molar-refractivity contribution in [2.75, 3.05) is 0 Å². The van der Waals surface area contributed by atoms with Gasteiger partial charge in [-0.2, -0.15) is 0 Å². The van der Waals surface area contributed by atoms with E-state index in [1.165, 1.54) is 33.0 Å². The molecular formula is C47H38N4. The van der Waals surface area contributed by atoms with Gasteiger partial charge in [0.05, 0.1) is 39.3 Å². The van der Waals surface area contributed by atoms with Gasteiger partial charge in [0.2, 0.25) is 0 Å². The van der Waals surface area contributed by atoms with Gasteiger partial charge < -0.3 is 9.13 Å². The van der Waals surface area contributed by atoms with Crippen LogP contribution in [0.1, 0.15) is 43.1 Å². The summed E-state index contributed by atoms with van der Waals surface area (Å²) in [6.07, 6.45) is 14.0. The van der Waals surface area contributed by atoms with Crippen molar-refractivity contribution >= 4 is 44.4 Å². The Morgan fingerprint density at radius 1 is 0.667 bits per heavy atom. The molecule has 5 aromatic carbocycles. The number of hydrogen-bond acceptors (Lipinski definition) is 2. The van der Waals surface area contributed by atoms with Crippen LogP contribution in [0, 0.1) is 6.92 Å². The standard InChI is InChI=1S/C47H38N4/c1-3-4-22-35-32(2)50(42-27-14-11-23-36(35)42)46-39(26-17-30-45(46)51-43-28-15-12-24-37(43)38-25-13-16-29-44(38)51)47-48-40(33-18-7-5-8-19-33)31-41(49-47)34-20-9-6-10-21-34/h4-9,11-20,22-31H,3,10,21H2,1-2H3/b22-4-. The van der Waals surface area contributed by atoms with Crippen molar-refractivity contribution in [2.24, 2.45) is 0 Å². The van der Waals surface area contributed by atoms with Crippen LogP contribution in [0.5, 0.6) is 0 Å². The SMILES string of the molecule is CC/C=C\c1c(C)n(-c2c(-c3nc(C4=CC=CCC4)cc(-c4ccccc4)n3)cccc2-n2c3ccccc3c3ccccc32)c2ccccc12. The molecule has 0 spiro atoms. The van der Waals surface area contributed by atoms with E-state index >= 15 is 0 Å². The van der Waals surface area contributed by atoms with Crippen LogP contribution in [-0.2, 0) is 0 Å². The fourth-order valence-electron chi connectivity index (χ4n) is 7.74. The van der Waals surface area contributed by atoms with E-state index in [2.05, 4.69) is 181 Å². The van der Waals surface area contributed by atoms with E-state index in [9.17, 15) is 0 Å². The molecule has 3 aromatic heterocycles. The highest BCUT2D eigenvalue weighted by Crippen LogP contribution is 2.41.